The number of piperazine rings is 1. The molecule has 13 heavy (non-hydrogen) atoms. The molecule has 3 aliphatic rings. The minimum Gasteiger partial charge on any atom is -0.334 e. The Labute approximate surface area is 78.5 Å². The van der Waals surface area contributed by atoms with Gasteiger partial charge in [-0.3, -0.25) is 4.79 Å². The molecule has 2 unspecified atom stereocenters. The number of piperidine rings is 1. The van der Waals surface area contributed by atoms with Crippen LogP contribution in [0.5, 0.6) is 0 Å². The molecular formula is C10H16N2O. The molecule has 72 valence electrons. The van der Waals surface area contributed by atoms with E-state index in [0.29, 0.717) is 23.9 Å². The maximum Gasteiger partial charge on any atom is 0.226 e. The Morgan fingerprint density at radius 3 is 2.38 bits per heavy atom. The quantitative estimate of drug-likeness (QED) is 0.632. The molecule has 0 spiro atoms. The van der Waals surface area contributed by atoms with Crippen LogP contribution < -0.4 is 5.32 Å². The number of rotatable bonds is 1. The first-order valence-electron chi connectivity index (χ1n) is 5.39. The minimum atomic E-state index is 0.392. The molecule has 0 aromatic rings. The monoisotopic (exact) mass is 180 g/mol. The van der Waals surface area contributed by atoms with Gasteiger partial charge in [0.2, 0.25) is 5.91 Å². The zero-order valence-corrected chi connectivity index (χ0v) is 7.83. The van der Waals surface area contributed by atoms with Crippen LogP contribution in [0.4, 0.5) is 0 Å². The fourth-order valence-electron chi connectivity index (χ4n) is 2.71. The molecule has 2 heterocycles. The van der Waals surface area contributed by atoms with Crippen LogP contribution in [0.2, 0.25) is 0 Å². The van der Waals surface area contributed by atoms with Crippen LogP contribution in [-0.4, -0.2) is 36.0 Å². The molecule has 0 aromatic carbocycles. The third kappa shape index (κ3) is 1.03. The Kier molecular flexibility index (Phi) is 1.62. The second-order valence-corrected chi connectivity index (χ2v) is 4.57. The summed E-state index contributed by atoms with van der Waals surface area (Å²) in [5, 5.41) is 3.35. The van der Waals surface area contributed by atoms with Gasteiger partial charge in [0, 0.05) is 31.1 Å². The lowest BCUT2D eigenvalue weighted by Crippen LogP contribution is -2.70. The number of nitrogens with zero attached hydrogens (tertiary/aromatic N) is 1. The van der Waals surface area contributed by atoms with Gasteiger partial charge in [-0.15, -0.1) is 0 Å². The largest absolute Gasteiger partial charge is 0.334 e. The zero-order chi connectivity index (χ0) is 8.84. The maximum absolute atomic E-state index is 11.9. The van der Waals surface area contributed by atoms with E-state index in [9.17, 15) is 4.79 Å². The van der Waals surface area contributed by atoms with Crippen molar-refractivity contribution in [3.05, 3.63) is 0 Å². The van der Waals surface area contributed by atoms with Crippen molar-refractivity contribution in [1.82, 2.24) is 10.2 Å². The van der Waals surface area contributed by atoms with Crippen molar-refractivity contribution in [1.29, 1.82) is 0 Å². The SMILES string of the molecule is O=C(C1CCC1)N1C2CNCC1C2. The molecule has 3 nitrogen and oxygen atoms in total. The van der Waals surface area contributed by atoms with Crippen LogP contribution in [0.25, 0.3) is 0 Å². The van der Waals surface area contributed by atoms with Crippen molar-refractivity contribution < 1.29 is 4.79 Å². The van der Waals surface area contributed by atoms with Gasteiger partial charge < -0.3 is 10.2 Å². The predicted molar refractivity (Wildman–Crippen MR) is 49.2 cm³/mol. The number of fused-ring (bicyclic) bond motifs is 2. The van der Waals surface area contributed by atoms with Crippen LogP contribution >= 0.6 is 0 Å². The molecule has 2 aliphatic heterocycles. The fraction of sp³-hybridized carbons (Fsp3) is 0.900. The molecule has 0 radical (unpaired) electrons. The van der Waals surface area contributed by atoms with Crippen LogP contribution in [0, 0.1) is 5.92 Å². The highest BCUT2D eigenvalue weighted by molar-refractivity contribution is 5.81. The summed E-state index contributed by atoms with van der Waals surface area (Å²) in [6.07, 6.45) is 4.79. The van der Waals surface area contributed by atoms with Crippen molar-refractivity contribution in [3.8, 4) is 0 Å². The van der Waals surface area contributed by atoms with Crippen molar-refractivity contribution in [2.75, 3.05) is 13.1 Å². The number of nitrogens with one attached hydrogen (secondary N) is 1. The van der Waals surface area contributed by atoms with E-state index in [-0.39, 0.29) is 0 Å². The third-order valence-electron chi connectivity index (χ3n) is 3.80. The maximum atomic E-state index is 11.9. The second-order valence-electron chi connectivity index (χ2n) is 4.57. The number of hydrogen-bond acceptors (Lipinski definition) is 2. The van der Waals surface area contributed by atoms with Gasteiger partial charge in [0.15, 0.2) is 0 Å². The number of carbonyl (C=O) groups is 1. The topological polar surface area (TPSA) is 32.3 Å². The molecule has 2 saturated heterocycles. The van der Waals surface area contributed by atoms with E-state index in [2.05, 4.69) is 10.2 Å². The van der Waals surface area contributed by atoms with Gasteiger partial charge in [0.25, 0.3) is 0 Å². The first kappa shape index (κ1) is 7.80. The van der Waals surface area contributed by atoms with E-state index in [0.717, 1.165) is 25.9 Å². The second kappa shape index (κ2) is 2.71. The van der Waals surface area contributed by atoms with E-state index in [1.807, 2.05) is 0 Å². The minimum absolute atomic E-state index is 0.392. The molecule has 1 amide bonds. The lowest BCUT2D eigenvalue weighted by Gasteiger charge is -2.54. The summed E-state index contributed by atoms with van der Waals surface area (Å²) in [6.45, 7) is 2.05. The summed E-state index contributed by atoms with van der Waals surface area (Å²) in [7, 11) is 0. The van der Waals surface area contributed by atoms with E-state index >= 15 is 0 Å². The highest BCUT2D eigenvalue weighted by Crippen LogP contribution is 2.35. The zero-order valence-electron chi connectivity index (χ0n) is 7.83. The highest BCUT2D eigenvalue weighted by atomic mass is 16.2. The molecule has 1 N–H and O–H groups in total. The standard InChI is InChI=1S/C10H16N2O/c13-10(7-2-1-3-7)12-8-4-9(12)6-11-5-8/h7-9,11H,1-6H2. The molecule has 3 fully saturated rings. The highest BCUT2D eigenvalue weighted by Gasteiger charge is 2.46. The molecular weight excluding hydrogens is 164 g/mol. The van der Waals surface area contributed by atoms with Gasteiger partial charge in [0.1, 0.15) is 0 Å². The first-order chi connectivity index (χ1) is 6.36. The predicted octanol–water partition coefficient (Wildman–Crippen LogP) is 0.359. The number of hydrogen-bond donors (Lipinski definition) is 1. The normalized spacial score (nSPS) is 38.0. The van der Waals surface area contributed by atoms with Gasteiger partial charge in [-0.1, -0.05) is 6.42 Å². The van der Waals surface area contributed by atoms with E-state index in [4.69, 9.17) is 0 Å². The summed E-state index contributed by atoms with van der Waals surface area (Å²) in [6, 6.07) is 1.07. The fourth-order valence-corrected chi connectivity index (χ4v) is 2.71. The van der Waals surface area contributed by atoms with Crippen molar-refractivity contribution in [2.24, 2.45) is 5.92 Å². The smallest absolute Gasteiger partial charge is 0.226 e. The van der Waals surface area contributed by atoms with Crippen molar-refractivity contribution >= 4 is 5.91 Å². The average molecular weight is 180 g/mol. The first-order valence-corrected chi connectivity index (χ1v) is 5.39. The number of carbonyl (C=O) groups excluding carboxylic acids is 1. The van der Waals surface area contributed by atoms with Crippen LogP contribution in [-0.2, 0) is 4.79 Å². The summed E-state index contributed by atoms with van der Waals surface area (Å²) in [5.74, 6) is 0.845. The van der Waals surface area contributed by atoms with Crippen molar-refractivity contribution in [2.45, 2.75) is 37.8 Å². The molecule has 1 aliphatic carbocycles. The van der Waals surface area contributed by atoms with E-state index < -0.39 is 0 Å². The van der Waals surface area contributed by atoms with Gasteiger partial charge in [-0.25, -0.2) is 0 Å². The summed E-state index contributed by atoms with van der Waals surface area (Å²) < 4.78 is 0. The molecule has 0 aromatic heterocycles. The summed E-state index contributed by atoms with van der Waals surface area (Å²) >= 11 is 0. The lowest BCUT2D eigenvalue weighted by molar-refractivity contribution is -0.154. The molecule has 2 atom stereocenters. The van der Waals surface area contributed by atoms with Gasteiger partial charge in [-0.05, 0) is 19.3 Å². The van der Waals surface area contributed by atoms with Gasteiger partial charge in [0.05, 0.1) is 0 Å². The van der Waals surface area contributed by atoms with E-state index in [1.165, 1.54) is 12.8 Å². The Bertz CT molecular complexity index is 223. The van der Waals surface area contributed by atoms with E-state index in [1.54, 1.807) is 0 Å². The summed E-state index contributed by atoms with van der Waals surface area (Å²) in [5.41, 5.74) is 0. The Morgan fingerprint density at radius 1 is 1.23 bits per heavy atom. The molecule has 3 rings (SSSR count). The van der Waals surface area contributed by atoms with Crippen LogP contribution in [0.15, 0.2) is 0 Å². The lowest BCUT2D eigenvalue weighted by atomic mass is 9.80. The Hall–Kier alpha value is -0.570. The van der Waals surface area contributed by atoms with Crippen LogP contribution in [0.1, 0.15) is 25.7 Å². The van der Waals surface area contributed by atoms with Gasteiger partial charge >= 0.3 is 0 Å². The molecule has 2 bridgehead atoms. The number of amides is 1. The molecule has 3 heteroatoms. The summed E-state index contributed by atoms with van der Waals surface area (Å²) in [4.78, 5) is 14.1. The third-order valence-corrected chi connectivity index (χ3v) is 3.80. The average Bonchev–Trinajstić information content (AvgIpc) is 2.01. The molecule has 1 saturated carbocycles. The van der Waals surface area contributed by atoms with Crippen molar-refractivity contribution in [3.63, 3.8) is 0 Å². The van der Waals surface area contributed by atoms with Crippen LogP contribution in [0.3, 0.4) is 0 Å². The Morgan fingerprint density at radius 2 is 1.92 bits per heavy atom. The van der Waals surface area contributed by atoms with Gasteiger partial charge in [-0.2, -0.15) is 0 Å². The Balaban J connectivity index is 1.68.